The number of nitrogen functional groups attached to an aromatic ring is 2. The third-order valence-electron chi connectivity index (χ3n) is 3.55. The average Bonchev–Trinajstić information content (AvgIpc) is 3.30. The SMILES string of the molecule is Cn1cc(-n2cc(F)cc(N)c2=O)cn1.Cn1cc(Br)cn1.Nc1cc(F)c[nH]c1=O. The number of aromatic nitrogens is 6. The van der Waals surface area contributed by atoms with Crippen LogP contribution in [0.5, 0.6) is 0 Å². The first-order chi connectivity index (χ1) is 14.6. The molecule has 31 heavy (non-hydrogen) atoms. The van der Waals surface area contributed by atoms with Crippen LogP contribution in [-0.2, 0) is 14.1 Å². The van der Waals surface area contributed by atoms with Gasteiger partial charge >= 0.3 is 0 Å². The molecule has 0 aromatic carbocycles. The van der Waals surface area contributed by atoms with Crippen molar-refractivity contribution in [1.29, 1.82) is 0 Å². The monoisotopic (exact) mass is 496 g/mol. The van der Waals surface area contributed by atoms with E-state index in [0.29, 0.717) is 5.69 Å². The first-order valence-corrected chi connectivity index (χ1v) is 9.30. The Bertz CT molecular complexity index is 1260. The van der Waals surface area contributed by atoms with Crippen LogP contribution in [0, 0.1) is 11.6 Å². The molecule has 0 saturated heterocycles. The first-order valence-electron chi connectivity index (χ1n) is 8.51. The Morgan fingerprint density at radius 1 is 0.935 bits per heavy atom. The van der Waals surface area contributed by atoms with Gasteiger partial charge in [0.1, 0.15) is 23.0 Å². The van der Waals surface area contributed by atoms with Crippen LogP contribution in [0.2, 0.25) is 0 Å². The number of hydrogen-bond donors (Lipinski definition) is 3. The van der Waals surface area contributed by atoms with Gasteiger partial charge in [-0.1, -0.05) is 0 Å². The number of nitrogens with one attached hydrogen (secondary N) is 1. The maximum Gasteiger partial charge on any atom is 0.278 e. The summed E-state index contributed by atoms with van der Waals surface area (Å²) in [6, 6.07) is 1.97. The van der Waals surface area contributed by atoms with Crippen LogP contribution >= 0.6 is 15.9 Å². The highest BCUT2D eigenvalue weighted by molar-refractivity contribution is 9.10. The minimum atomic E-state index is -0.559. The second-order valence-electron chi connectivity index (χ2n) is 6.10. The van der Waals surface area contributed by atoms with Gasteiger partial charge < -0.3 is 16.5 Å². The highest BCUT2D eigenvalue weighted by Crippen LogP contribution is 2.06. The standard InChI is InChI=1S/C9H9FN4O.C5H5FN2O.C4H5BrN2/c1-13-5-7(3-12-13)14-4-6(10)2-8(11)9(14)15;6-3-1-4(7)5(9)8-2-3;1-7-3-4(5)2-6-7/h2-5H,11H2,1H3;1-2H,7H2,(H,8,9);2-3H,1H3. The van der Waals surface area contributed by atoms with E-state index >= 15 is 0 Å². The molecule has 0 amide bonds. The second kappa shape index (κ2) is 10.3. The number of aryl methyl sites for hydroxylation is 2. The normalized spacial score (nSPS) is 9.97. The van der Waals surface area contributed by atoms with E-state index in [-0.39, 0.29) is 11.4 Å². The average molecular weight is 497 g/mol. The van der Waals surface area contributed by atoms with Gasteiger partial charge in [0.05, 0.1) is 22.6 Å². The molecule has 0 spiro atoms. The smallest absolute Gasteiger partial charge is 0.278 e. The van der Waals surface area contributed by atoms with Gasteiger partial charge in [0.25, 0.3) is 11.1 Å². The van der Waals surface area contributed by atoms with Gasteiger partial charge in [-0.3, -0.25) is 23.5 Å². The molecule has 0 aliphatic heterocycles. The van der Waals surface area contributed by atoms with Crippen molar-refractivity contribution in [3.05, 3.63) is 86.1 Å². The zero-order valence-corrected chi connectivity index (χ0v) is 18.0. The molecular formula is C18H19BrF2N8O2. The van der Waals surface area contributed by atoms with Crippen LogP contribution in [0.15, 0.2) is 63.4 Å². The summed E-state index contributed by atoms with van der Waals surface area (Å²) in [4.78, 5) is 24.1. The van der Waals surface area contributed by atoms with Crippen LogP contribution in [0.3, 0.4) is 0 Å². The van der Waals surface area contributed by atoms with E-state index < -0.39 is 22.8 Å². The number of anilines is 2. The fraction of sp³-hybridized carbons (Fsp3) is 0.111. The maximum absolute atomic E-state index is 13.0. The lowest BCUT2D eigenvalue weighted by molar-refractivity contribution is 0.614. The lowest BCUT2D eigenvalue weighted by atomic mass is 10.4. The number of H-pyrrole nitrogens is 1. The molecule has 164 valence electrons. The molecule has 0 bridgehead atoms. The molecule has 4 rings (SSSR count). The zero-order valence-electron chi connectivity index (χ0n) is 16.5. The fourth-order valence-electron chi connectivity index (χ4n) is 2.16. The highest BCUT2D eigenvalue weighted by Gasteiger charge is 2.06. The predicted octanol–water partition coefficient (Wildman–Crippen LogP) is 1.57. The van der Waals surface area contributed by atoms with Gasteiger partial charge in [-0.05, 0) is 15.9 Å². The number of nitrogens with two attached hydrogens (primary N) is 2. The Kier molecular flexibility index (Phi) is 7.85. The topological polar surface area (TPSA) is 143 Å². The molecule has 5 N–H and O–H groups in total. The molecular weight excluding hydrogens is 478 g/mol. The molecule has 0 saturated carbocycles. The Labute approximate surface area is 182 Å². The van der Waals surface area contributed by atoms with Gasteiger partial charge in [-0.2, -0.15) is 10.2 Å². The van der Waals surface area contributed by atoms with Crippen molar-refractivity contribution in [2.75, 3.05) is 11.5 Å². The van der Waals surface area contributed by atoms with Crippen molar-refractivity contribution in [2.45, 2.75) is 0 Å². The molecule has 0 aliphatic carbocycles. The molecule has 0 aliphatic rings. The summed E-state index contributed by atoms with van der Waals surface area (Å²) in [7, 11) is 3.59. The summed E-state index contributed by atoms with van der Waals surface area (Å²) in [6.07, 6.45) is 8.73. The molecule has 4 aromatic rings. The molecule has 10 nitrogen and oxygen atoms in total. The largest absolute Gasteiger partial charge is 0.394 e. The summed E-state index contributed by atoms with van der Waals surface area (Å²) in [5, 5.41) is 7.77. The van der Waals surface area contributed by atoms with Crippen molar-refractivity contribution in [1.82, 2.24) is 29.1 Å². The lowest BCUT2D eigenvalue weighted by Crippen LogP contribution is -2.21. The summed E-state index contributed by atoms with van der Waals surface area (Å²) in [5.74, 6) is -1.09. The van der Waals surface area contributed by atoms with Crippen LogP contribution in [-0.4, -0.2) is 29.1 Å². The van der Waals surface area contributed by atoms with E-state index in [1.165, 1.54) is 10.9 Å². The molecule has 4 aromatic heterocycles. The Balaban J connectivity index is 0.000000181. The zero-order chi connectivity index (χ0) is 23.1. The van der Waals surface area contributed by atoms with Crippen LogP contribution in [0.25, 0.3) is 5.69 Å². The number of nitrogens with zero attached hydrogens (tertiary/aromatic N) is 5. The van der Waals surface area contributed by atoms with Gasteiger partial charge in [-0.25, -0.2) is 8.78 Å². The Morgan fingerprint density at radius 3 is 2.00 bits per heavy atom. The van der Waals surface area contributed by atoms with E-state index in [1.54, 1.807) is 24.1 Å². The van der Waals surface area contributed by atoms with Crippen molar-refractivity contribution in [3.8, 4) is 5.69 Å². The van der Waals surface area contributed by atoms with Gasteiger partial charge in [0.15, 0.2) is 0 Å². The van der Waals surface area contributed by atoms with E-state index in [9.17, 15) is 18.4 Å². The summed E-state index contributed by atoms with van der Waals surface area (Å²) >= 11 is 3.25. The van der Waals surface area contributed by atoms with E-state index in [4.69, 9.17) is 11.5 Å². The summed E-state index contributed by atoms with van der Waals surface area (Å²) in [6.45, 7) is 0. The molecule has 13 heteroatoms. The van der Waals surface area contributed by atoms with Crippen LogP contribution in [0.4, 0.5) is 20.2 Å². The van der Waals surface area contributed by atoms with Gasteiger partial charge in [0.2, 0.25) is 0 Å². The van der Waals surface area contributed by atoms with Crippen molar-refractivity contribution in [2.24, 2.45) is 14.1 Å². The van der Waals surface area contributed by atoms with Gasteiger partial charge in [-0.15, -0.1) is 0 Å². The molecule has 4 heterocycles. The lowest BCUT2D eigenvalue weighted by Gasteiger charge is -2.02. The van der Waals surface area contributed by atoms with Crippen molar-refractivity contribution in [3.63, 3.8) is 0 Å². The van der Waals surface area contributed by atoms with E-state index in [2.05, 4.69) is 31.1 Å². The quantitative estimate of drug-likeness (QED) is 0.365. The van der Waals surface area contributed by atoms with Crippen molar-refractivity contribution < 1.29 is 8.78 Å². The minimum Gasteiger partial charge on any atom is -0.394 e. The first kappa shape index (κ1) is 23.5. The van der Waals surface area contributed by atoms with E-state index in [0.717, 1.165) is 33.6 Å². The van der Waals surface area contributed by atoms with Crippen LogP contribution < -0.4 is 22.6 Å². The number of hydrogen-bond acceptors (Lipinski definition) is 6. The predicted molar refractivity (Wildman–Crippen MR) is 116 cm³/mol. The molecule has 0 unspecified atom stereocenters. The third kappa shape index (κ3) is 6.92. The number of rotatable bonds is 1. The summed E-state index contributed by atoms with van der Waals surface area (Å²) < 4.78 is 30.5. The highest BCUT2D eigenvalue weighted by atomic mass is 79.9. The molecule has 0 radical (unpaired) electrons. The summed E-state index contributed by atoms with van der Waals surface area (Å²) in [5.41, 5.74) is 9.74. The Morgan fingerprint density at radius 2 is 1.55 bits per heavy atom. The molecule has 0 fully saturated rings. The van der Waals surface area contributed by atoms with Gasteiger partial charge in [0, 0.05) is 51.0 Å². The maximum atomic E-state index is 13.0. The number of pyridine rings is 2. The number of aromatic amines is 1. The van der Waals surface area contributed by atoms with Crippen LogP contribution in [0.1, 0.15) is 0 Å². The Hall–Kier alpha value is -3.74. The molecule has 0 atom stereocenters. The second-order valence-corrected chi connectivity index (χ2v) is 7.01. The number of halogens is 3. The fourth-order valence-corrected chi connectivity index (χ4v) is 2.55. The minimum absolute atomic E-state index is 0.102. The third-order valence-corrected chi connectivity index (χ3v) is 3.96. The van der Waals surface area contributed by atoms with Crippen molar-refractivity contribution >= 4 is 27.3 Å². The van der Waals surface area contributed by atoms with E-state index in [1.807, 2.05) is 13.2 Å².